The maximum atomic E-state index is 11.4. The molecule has 1 atom stereocenters. The van der Waals surface area contributed by atoms with E-state index in [1.165, 1.54) is 0 Å². The lowest BCUT2D eigenvalue weighted by Crippen LogP contribution is -2.29. The number of ether oxygens (including phenoxy) is 1. The molecule has 0 aromatic rings. The van der Waals surface area contributed by atoms with Crippen LogP contribution in [0.2, 0.25) is 5.04 Å². The minimum Gasteiger partial charge on any atom is -0.428 e. The number of alkyl halides is 2. The molecule has 0 aromatic carbocycles. The Hall–Kier alpha value is 0.257. The van der Waals surface area contributed by atoms with Gasteiger partial charge in [-0.1, -0.05) is 39.3 Å². The zero-order valence-electron chi connectivity index (χ0n) is 10.6. The number of carbonyl (C=O) groups is 1. The van der Waals surface area contributed by atoms with Gasteiger partial charge in [0.25, 0.3) is 0 Å². The van der Waals surface area contributed by atoms with E-state index < -0.39 is 17.1 Å². The van der Waals surface area contributed by atoms with Gasteiger partial charge in [-0.3, -0.25) is 0 Å². The minimum atomic E-state index is -0.916. The van der Waals surface area contributed by atoms with Crippen molar-refractivity contribution in [3.8, 4) is 0 Å². The van der Waals surface area contributed by atoms with Crippen molar-refractivity contribution >= 4 is 50.5 Å². The smallest absolute Gasteiger partial charge is 0.352 e. The standard InChI is InChI=1S/C11H15Cl3O3Si/c1-5(2)11(3,4)18-17-10-6(8(13)14)7(12)9(15)16-10/h5,8,10H,1-4H3. The number of rotatable bonds is 5. The van der Waals surface area contributed by atoms with Crippen molar-refractivity contribution in [2.24, 2.45) is 5.92 Å². The van der Waals surface area contributed by atoms with Crippen LogP contribution in [-0.4, -0.2) is 26.9 Å². The maximum Gasteiger partial charge on any atom is 0.352 e. The highest BCUT2D eigenvalue weighted by molar-refractivity contribution is 6.49. The van der Waals surface area contributed by atoms with Gasteiger partial charge in [0.15, 0.2) is 0 Å². The molecule has 0 bridgehead atoms. The van der Waals surface area contributed by atoms with Crippen molar-refractivity contribution in [3.05, 3.63) is 10.6 Å². The summed E-state index contributed by atoms with van der Waals surface area (Å²) in [7, 11) is 0.144. The van der Waals surface area contributed by atoms with Gasteiger partial charge in [-0.15, -0.1) is 23.2 Å². The number of hydrogen-bond donors (Lipinski definition) is 0. The molecule has 1 rings (SSSR count). The summed E-state index contributed by atoms with van der Waals surface area (Å²) in [6.45, 7) is 8.37. The summed E-state index contributed by atoms with van der Waals surface area (Å²) < 4.78 is 10.6. The zero-order chi connectivity index (χ0) is 14.1. The van der Waals surface area contributed by atoms with Crippen LogP contribution in [-0.2, 0) is 14.0 Å². The summed E-state index contributed by atoms with van der Waals surface area (Å²) >= 11 is 17.3. The Kier molecular flexibility index (Phi) is 5.56. The Morgan fingerprint density at radius 3 is 2.39 bits per heavy atom. The zero-order valence-corrected chi connectivity index (χ0v) is 13.9. The summed E-state index contributed by atoms with van der Waals surface area (Å²) in [5, 5.41) is -0.108. The van der Waals surface area contributed by atoms with Crippen molar-refractivity contribution in [1.82, 2.24) is 0 Å². The molecule has 1 unspecified atom stereocenters. The summed E-state index contributed by atoms with van der Waals surface area (Å²) in [5.41, 5.74) is 0.289. The second-order valence-corrected chi connectivity index (χ2v) is 8.11. The monoisotopic (exact) mass is 328 g/mol. The third-order valence-corrected chi connectivity index (χ3v) is 5.29. The first-order valence-corrected chi connectivity index (χ1v) is 7.64. The minimum absolute atomic E-state index is 0.0271. The maximum absolute atomic E-state index is 11.4. The fourth-order valence-electron chi connectivity index (χ4n) is 1.04. The lowest BCUT2D eigenvalue weighted by atomic mass is 9.99. The van der Waals surface area contributed by atoms with E-state index in [0.717, 1.165) is 0 Å². The number of cyclic esters (lactones) is 1. The lowest BCUT2D eigenvalue weighted by Gasteiger charge is -2.28. The van der Waals surface area contributed by atoms with E-state index in [1.807, 2.05) is 0 Å². The van der Waals surface area contributed by atoms with Crippen LogP contribution in [0.5, 0.6) is 0 Å². The molecule has 0 aromatic heterocycles. The fourth-order valence-corrected chi connectivity index (χ4v) is 2.64. The molecular formula is C11H15Cl3O3Si. The van der Waals surface area contributed by atoms with Crippen LogP contribution < -0.4 is 0 Å². The molecule has 0 amide bonds. The summed E-state index contributed by atoms with van der Waals surface area (Å²) in [6, 6.07) is 0. The normalized spacial score (nSPS) is 21.2. The Balaban J connectivity index is 2.72. The predicted octanol–water partition coefficient (Wildman–Crippen LogP) is 3.66. The van der Waals surface area contributed by atoms with E-state index in [9.17, 15) is 4.79 Å². The third-order valence-electron chi connectivity index (χ3n) is 3.01. The Morgan fingerprint density at radius 1 is 1.39 bits per heavy atom. The fraction of sp³-hybridized carbons (Fsp3) is 0.727. The molecule has 0 fully saturated rings. The summed E-state index contributed by atoms with van der Waals surface area (Å²) in [5.74, 6) is -0.214. The van der Waals surface area contributed by atoms with Gasteiger partial charge >= 0.3 is 5.97 Å². The van der Waals surface area contributed by atoms with E-state index in [0.29, 0.717) is 5.92 Å². The highest BCUT2D eigenvalue weighted by Crippen LogP contribution is 2.37. The van der Waals surface area contributed by atoms with E-state index in [1.54, 1.807) is 0 Å². The van der Waals surface area contributed by atoms with Gasteiger partial charge in [0.2, 0.25) is 16.1 Å². The van der Waals surface area contributed by atoms with Gasteiger partial charge in [-0.05, 0) is 11.0 Å². The molecule has 0 saturated carbocycles. The molecule has 18 heavy (non-hydrogen) atoms. The van der Waals surface area contributed by atoms with Gasteiger partial charge < -0.3 is 9.16 Å². The van der Waals surface area contributed by atoms with E-state index >= 15 is 0 Å². The first kappa shape index (κ1) is 16.3. The van der Waals surface area contributed by atoms with E-state index in [4.69, 9.17) is 44.0 Å². The number of hydrogen-bond acceptors (Lipinski definition) is 3. The van der Waals surface area contributed by atoms with Gasteiger partial charge in [0, 0.05) is 0 Å². The highest BCUT2D eigenvalue weighted by atomic mass is 35.5. The molecule has 7 heteroatoms. The van der Waals surface area contributed by atoms with Crippen molar-refractivity contribution in [3.63, 3.8) is 0 Å². The molecule has 0 spiro atoms. The molecule has 1 heterocycles. The second-order valence-electron chi connectivity index (χ2n) is 4.90. The van der Waals surface area contributed by atoms with Crippen molar-refractivity contribution < 1.29 is 14.0 Å². The molecular weight excluding hydrogens is 315 g/mol. The molecule has 102 valence electrons. The van der Waals surface area contributed by atoms with Gasteiger partial charge in [0.05, 0.1) is 5.57 Å². The number of carbonyl (C=O) groups excluding carboxylic acids is 1. The van der Waals surface area contributed by atoms with Crippen LogP contribution in [0.1, 0.15) is 27.7 Å². The Morgan fingerprint density at radius 2 is 1.94 bits per heavy atom. The lowest BCUT2D eigenvalue weighted by molar-refractivity contribution is -0.149. The Bertz CT molecular complexity index is 367. The number of halogens is 3. The average Bonchev–Trinajstić information content (AvgIpc) is 2.52. The van der Waals surface area contributed by atoms with Crippen LogP contribution in [0.15, 0.2) is 10.6 Å². The van der Waals surface area contributed by atoms with Gasteiger partial charge in [-0.25, -0.2) is 4.79 Å². The molecule has 2 radical (unpaired) electrons. The van der Waals surface area contributed by atoms with E-state index in [2.05, 4.69) is 27.7 Å². The molecule has 1 aliphatic rings. The molecule has 1 aliphatic heterocycles. The molecule has 0 saturated heterocycles. The van der Waals surface area contributed by atoms with Crippen LogP contribution in [0, 0.1) is 5.92 Å². The third kappa shape index (κ3) is 3.64. The van der Waals surface area contributed by atoms with Gasteiger partial charge in [-0.2, -0.15) is 0 Å². The SMILES string of the molecule is CC(C)C(C)(C)[Si]OC1OC(=O)C(Cl)=C1C(Cl)Cl. The van der Waals surface area contributed by atoms with Crippen molar-refractivity contribution in [2.75, 3.05) is 0 Å². The summed E-state index contributed by atoms with van der Waals surface area (Å²) in [6.07, 6.45) is -0.874. The first-order chi connectivity index (χ1) is 8.16. The quantitative estimate of drug-likeness (QED) is 0.439. The van der Waals surface area contributed by atoms with Crippen LogP contribution in [0.25, 0.3) is 0 Å². The van der Waals surface area contributed by atoms with Crippen molar-refractivity contribution in [1.29, 1.82) is 0 Å². The largest absolute Gasteiger partial charge is 0.428 e. The number of esters is 1. The molecule has 0 aliphatic carbocycles. The van der Waals surface area contributed by atoms with Crippen LogP contribution in [0.3, 0.4) is 0 Å². The second kappa shape index (κ2) is 6.14. The highest BCUT2D eigenvalue weighted by Gasteiger charge is 2.38. The summed E-state index contributed by atoms with van der Waals surface area (Å²) in [4.78, 5) is 10.4. The molecule has 0 N–H and O–H groups in total. The van der Waals surface area contributed by atoms with Crippen LogP contribution in [0.4, 0.5) is 0 Å². The predicted molar refractivity (Wildman–Crippen MR) is 74.0 cm³/mol. The average molecular weight is 330 g/mol. The topological polar surface area (TPSA) is 35.5 Å². The first-order valence-electron chi connectivity index (χ1n) is 5.48. The van der Waals surface area contributed by atoms with Crippen LogP contribution >= 0.6 is 34.8 Å². The molecule has 3 nitrogen and oxygen atoms in total. The van der Waals surface area contributed by atoms with E-state index in [-0.39, 0.29) is 25.4 Å². The van der Waals surface area contributed by atoms with Gasteiger partial charge in [0.1, 0.15) is 9.87 Å². The Labute approximate surface area is 125 Å². The van der Waals surface area contributed by atoms with Crippen molar-refractivity contribution in [2.45, 2.75) is 43.9 Å².